The first-order chi connectivity index (χ1) is 13.6. The molecule has 3 rings (SSSR count). The molecule has 1 aliphatic heterocycles. The Morgan fingerprint density at radius 2 is 1.32 bits per heavy atom. The van der Waals surface area contributed by atoms with Crippen LogP contribution in [0.4, 0.5) is 0 Å². The molecule has 2 aromatic rings. The molecule has 152 valence electrons. The van der Waals surface area contributed by atoms with Gasteiger partial charge >= 0.3 is 0 Å². The third-order valence-electron chi connectivity index (χ3n) is 4.79. The normalized spacial score (nSPS) is 16.9. The van der Waals surface area contributed by atoms with Gasteiger partial charge in [-0.2, -0.15) is 0 Å². The molecule has 0 spiro atoms. The number of benzene rings is 2. The summed E-state index contributed by atoms with van der Waals surface area (Å²) in [6.45, 7) is 0. The van der Waals surface area contributed by atoms with Crippen LogP contribution in [0.3, 0.4) is 0 Å². The van der Waals surface area contributed by atoms with Crippen LogP contribution in [0.2, 0.25) is 0 Å². The third-order valence-corrected chi connectivity index (χ3v) is 8.26. The van der Waals surface area contributed by atoms with Crippen LogP contribution in [0.15, 0.2) is 36.4 Å². The summed E-state index contributed by atoms with van der Waals surface area (Å²) in [6, 6.07) is 11.4. The second-order valence-electron chi connectivity index (χ2n) is 6.30. The maximum atomic E-state index is 11.5. The van der Waals surface area contributed by atoms with Gasteiger partial charge in [0.05, 0.1) is 28.4 Å². The highest BCUT2D eigenvalue weighted by atomic mass is 32.2. The van der Waals surface area contributed by atoms with Crippen molar-refractivity contribution in [1.29, 1.82) is 0 Å². The second-order valence-corrected chi connectivity index (χ2v) is 9.24. The van der Waals surface area contributed by atoms with E-state index in [1.807, 2.05) is 36.4 Å². The summed E-state index contributed by atoms with van der Waals surface area (Å²) in [5, 5.41) is 11.5. The molecule has 0 aliphatic carbocycles. The van der Waals surface area contributed by atoms with Gasteiger partial charge in [0.2, 0.25) is 0 Å². The standard InChI is InChI=1S/C21H26O5S2/c1-23-16-8-6-14(12-18(16)25-3)20(22)21(27-10-5-11-28-21)15-7-9-17(24-2)19(13-15)26-4/h6-9,12-13,20,22H,5,10-11H2,1-4H3. The van der Waals surface area contributed by atoms with Gasteiger partial charge < -0.3 is 24.1 Å². The first-order valence-electron chi connectivity index (χ1n) is 9.00. The van der Waals surface area contributed by atoms with E-state index in [4.69, 9.17) is 18.9 Å². The summed E-state index contributed by atoms with van der Waals surface area (Å²) in [6.07, 6.45) is 0.379. The van der Waals surface area contributed by atoms with Gasteiger partial charge in [-0.05, 0) is 53.3 Å². The van der Waals surface area contributed by atoms with Crippen molar-refractivity contribution in [1.82, 2.24) is 0 Å². The van der Waals surface area contributed by atoms with Crippen LogP contribution in [-0.4, -0.2) is 45.1 Å². The highest BCUT2D eigenvalue weighted by Crippen LogP contribution is 2.58. The van der Waals surface area contributed by atoms with Crippen molar-refractivity contribution in [3.63, 3.8) is 0 Å². The summed E-state index contributed by atoms with van der Waals surface area (Å²) in [5.41, 5.74) is 1.79. The maximum absolute atomic E-state index is 11.5. The molecule has 0 saturated carbocycles. The van der Waals surface area contributed by atoms with Crippen molar-refractivity contribution in [3.05, 3.63) is 47.5 Å². The second kappa shape index (κ2) is 9.20. The van der Waals surface area contributed by atoms with E-state index in [-0.39, 0.29) is 0 Å². The number of aliphatic hydroxyl groups is 1. The number of thioether (sulfide) groups is 2. The molecule has 1 unspecified atom stereocenters. The molecule has 2 aromatic carbocycles. The van der Waals surface area contributed by atoms with Gasteiger partial charge in [0.1, 0.15) is 10.2 Å². The fourth-order valence-electron chi connectivity index (χ4n) is 3.33. The summed E-state index contributed by atoms with van der Waals surface area (Å²) >= 11 is 3.53. The molecule has 1 heterocycles. The fourth-order valence-corrected chi connectivity index (χ4v) is 6.70. The van der Waals surface area contributed by atoms with Crippen molar-refractivity contribution in [2.75, 3.05) is 39.9 Å². The highest BCUT2D eigenvalue weighted by Gasteiger charge is 2.44. The van der Waals surface area contributed by atoms with Crippen LogP contribution in [0.1, 0.15) is 23.7 Å². The number of methoxy groups -OCH3 is 4. The first-order valence-corrected chi connectivity index (χ1v) is 11.0. The monoisotopic (exact) mass is 422 g/mol. The van der Waals surface area contributed by atoms with Crippen LogP contribution in [0.25, 0.3) is 0 Å². The zero-order chi connectivity index (χ0) is 20.1. The lowest BCUT2D eigenvalue weighted by atomic mass is 9.99. The zero-order valence-corrected chi connectivity index (χ0v) is 18.2. The number of hydrogen-bond acceptors (Lipinski definition) is 7. The van der Waals surface area contributed by atoms with Crippen molar-refractivity contribution in [2.45, 2.75) is 16.6 Å². The van der Waals surface area contributed by atoms with E-state index >= 15 is 0 Å². The van der Waals surface area contributed by atoms with E-state index < -0.39 is 10.2 Å². The van der Waals surface area contributed by atoms with Crippen LogP contribution in [0.5, 0.6) is 23.0 Å². The molecule has 5 nitrogen and oxygen atoms in total. The molecule has 28 heavy (non-hydrogen) atoms. The molecular weight excluding hydrogens is 396 g/mol. The molecule has 0 aromatic heterocycles. The van der Waals surface area contributed by atoms with Crippen molar-refractivity contribution in [3.8, 4) is 23.0 Å². The quantitative estimate of drug-likeness (QED) is 0.706. The lowest BCUT2D eigenvalue weighted by Crippen LogP contribution is -2.30. The molecule has 1 fully saturated rings. The Morgan fingerprint density at radius 1 is 0.786 bits per heavy atom. The predicted octanol–water partition coefficient (Wildman–Crippen LogP) is 4.48. The topological polar surface area (TPSA) is 57.2 Å². The molecule has 0 amide bonds. The van der Waals surface area contributed by atoms with Crippen molar-refractivity contribution >= 4 is 23.5 Å². The Morgan fingerprint density at radius 3 is 1.89 bits per heavy atom. The molecule has 1 atom stereocenters. The first kappa shape index (κ1) is 21.0. The minimum absolute atomic E-state index is 0.544. The summed E-state index contributed by atoms with van der Waals surface area (Å²) in [5.74, 6) is 4.53. The highest BCUT2D eigenvalue weighted by molar-refractivity contribution is 8.18. The Bertz CT molecular complexity index is 805. The average molecular weight is 423 g/mol. The van der Waals surface area contributed by atoms with E-state index in [0.717, 1.165) is 29.1 Å². The number of ether oxygens (including phenoxy) is 4. The van der Waals surface area contributed by atoms with Gasteiger partial charge in [0.15, 0.2) is 23.0 Å². The lowest BCUT2D eigenvalue weighted by Gasteiger charge is -2.40. The fraction of sp³-hybridized carbons (Fsp3) is 0.429. The Hall–Kier alpha value is -1.70. The molecule has 1 aliphatic rings. The summed E-state index contributed by atoms with van der Waals surface area (Å²) in [4.78, 5) is 0. The average Bonchev–Trinajstić information content (AvgIpc) is 2.77. The van der Waals surface area contributed by atoms with Gasteiger partial charge in [-0.15, -0.1) is 23.5 Å². The molecule has 7 heteroatoms. The number of hydrogen-bond donors (Lipinski definition) is 1. The van der Waals surface area contributed by atoms with Gasteiger partial charge in [-0.1, -0.05) is 12.1 Å². The Labute approximate surface area is 174 Å². The van der Waals surface area contributed by atoms with Gasteiger partial charge in [-0.3, -0.25) is 0 Å². The van der Waals surface area contributed by atoms with Gasteiger partial charge in [0.25, 0.3) is 0 Å². The zero-order valence-electron chi connectivity index (χ0n) is 16.6. The number of rotatable bonds is 7. The predicted molar refractivity (Wildman–Crippen MR) is 115 cm³/mol. The Kier molecular flexibility index (Phi) is 6.91. The molecule has 1 N–H and O–H groups in total. The molecule has 0 bridgehead atoms. The van der Waals surface area contributed by atoms with Crippen LogP contribution in [0, 0.1) is 0 Å². The van der Waals surface area contributed by atoms with Crippen molar-refractivity contribution < 1.29 is 24.1 Å². The third kappa shape index (κ3) is 3.88. The van der Waals surface area contributed by atoms with Gasteiger partial charge in [-0.25, -0.2) is 0 Å². The summed E-state index contributed by atoms with van der Waals surface area (Å²) < 4.78 is 21.1. The van der Waals surface area contributed by atoms with E-state index in [1.165, 1.54) is 0 Å². The SMILES string of the molecule is COc1ccc(C(O)C2(c3ccc(OC)c(OC)c3)SCCCS2)cc1OC. The van der Waals surface area contributed by atoms with E-state index in [9.17, 15) is 5.11 Å². The van der Waals surface area contributed by atoms with Crippen LogP contribution >= 0.6 is 23.5 Å². The molecular formula is C21H26O5S2. The van der Waals surface area contributed by atoms with Gasteiger partial charge in [0, 0.05) is 0 Å². The Balaban J connectivity index is 2.07. The lowest BCUT2D eigenvalue weighted by molar-refractivity contribution is 0.162. The molecule has 1 saturated heterocycles. The minimum Gasteiger partial charge on any atom is -0.493 e. The number of aliphatic hydroxyl groups excluding tert-OH is 1. The van der Waals surface area contributed by atoms with Crippen LogP contribution in [-0.2, 0) is 4.08 Å². The van der Waals surface area contributed by atoms with E-state index in [0.29, 0.717) is 23.0 Å². The van der Waals surface area contributed by atoms with E-state index in [1.54, 1.807) is 52.0 Å². The molecule has 0 radical (unpaired) electrons. The van der Waals surface area contributed by atoms with E-state index in [2.05, 4.69) is 0 Å². The summed E-state index contributed by atoms with van der Waals surface area (Å²) in [7, 11) is 6.45. The smallest absolute Gasteiger partial charge is 0.161 e. The minimum atomic E-state index is -0.735. The van der Waals surface area contributed by atoms with Crippen LogP contribution < -0.4 is 18.9 Å². The van der Waals surface area contributed by atoms with Crippen molar-refractivity contribution in [2.24, 2.45) is 0 Å². The largest absolute Gasteiger partial charge is 0.493 e. The maximum Gasteiger partial charge on any atom is 0.161 e.